The van der Waals surface area contributed by atoms with Crippen molar-refractivity contribution < 1.29 is 0 Å². The Hall–Kier alpha value is -1.32. The zero-order valence-corrected chi connectivity index (χ0v) is 13.1. The maximum Gasteiger partial charge on any atom is 0.134 e. The lowest BCUT2D eigenvalue weighted by Gasteiger charge is -2.28. The molecule has 1 saturated carbocycles. The SMILES string of the molecule is CCc1c(NC)ncnc1NCC1CCC(CC)CC1. The minimum Gasteiger partial charge on any atom is -0.373 e. The van der Waals surface area contributed by atoms with Gasteiger partial charge in [0.25, 0.3) is 0 Å². The minimum absolute atomic E-state index is 0.801. The molecule has 2 rings (SSSR count). The lowest BCUT2D eigenvalue weighted by atomic mass is 9.81. The third kappa shape index (κ3) is 3.62. The van der Waals surface area contributed by atoms with Gasteiger partial charge in [0.1, 0.15) is 18.0 Å². The second kappa shape index (κ2) is 7.46. The van der Waals surface area contributed by atoms with Gasteiger partial charge in [-0.05, 0) is 31.1 Å². The predicted molar refractivity (Wildman–Crippen MR) is 85.2 cm³/mol. The van der Waals surface area contributed by atoms with E-state index in [-0.39, 0.29) is 0 Å². The summed E-state index contributed by atoms with van der Waals surface area (Å²) in [5.41, 5.74) is 1.19. The van der Waals surface area contributed by atoms with Gasteiger partial charge in [-0.25, -0.2) is 9.97 Å². The highest BCUT2D eigenvalue weighted by Gasteiger charge is 2.20. The number of rotatable bonds is 6. The predicted octanol–water partition coefficient (Wildman–Crippen LogP) is 3.71. The van der Waals surface area contributed by atoms with Crippen molar-refractivity contribution in [2.24, 2.45) is 11.8 Å². The van der Waals surface area contributed by atoms with Crippen molar-refractivity contribution in [2.75, 3.05) is 24.2 Å². The van der Waals surface area contributed by atoms with Gasteiger partial charge in [-0.15, -0.1) is 0 Å². The summed E-state index contributed by atoms with van der Waals surface area (Å²) in [4.78, 5) is 8.69. The van der Waals surface area contributed by atoms with Crippen molar-refractivity contribution >= 4 is 11.6 Å². The Morgan fingerprint density at radius 2 is 1.70 bits per heavy atom. The molecule has 112 valence electrons. The van der Waals surface area contributed by atoms with E-state index in [0.717, 1.165) is 36.4 Å². The number of hydrogen-bond donors (Lipinski definition) is 2. The van der Waals surface area contributed by atoms with Crippen LogP contribution in [0.3, 0.4) is 0 Å². The minimum atomic E-state index is 0.801. The smallest absolute Gasteiger partial charge is 0.134 e. The molecular formula is C16H28N4. The van der Waals surface area contributed by atoms with Gasteiger partial charge in [0.05, 0.1) is 0 Å². The van der Waals surface area contributed by atoms with E-state index in [2.05, 4.69) is 34.4 Å². The van der Waals surface area contributed by atoms with Crippen LogP contribution >= 0.6 is 0 Å². The van der Waals surface area contributed by atoms with E-state index < -0.39 is 0 Å². The zero-order valence-electron chi connectivity index (χ0n) is 13.1. The first-order chi connectivity index (χ1) is 9.78. The second-order valence-corrected chi connectivity index (χ2v) is 5.83. The van der Waals surface area contributed by atoms with Crippen LogP contribution in [0.1, 0.15) is 51.5 Å². The molecule has 20 heavy (non-hydrogen) atoms. The molecule has 0 atom stereocenters. The highest BCUT2D eigenvalue weighted by Crippen LogP contribution is 2.31. The van der Waals surface area contributed by atoms with E-state index in [1.807, 2.05) is 7.05 Å². The molecule has 2 N–H and O–H groups in total. The zero-order chi connectivity index (χ0) is 14.4. The van der Waals surface area contributed by atoms with Crippen LogP contribution in [0.4, 0.5) is 11.6 Å². The number of hydrogen-bond acceptors (Lipinski definition) is 4. The molecule has 1 aromatic heterocycles. The van der Waals surface area contributed by atoms with Crippen LogP contribution < -0.4 is 10.6 Å². The molecule has 4 heteroatoms. The molecule has 0 unspecified atom stereocenters. The largest absolute Gasteiger partial charge is 0.373 e. The number of anilines is 2. The number of aromatic nitrogens is 2. The van der Waals surface area contributed by atoms with Crippen molar-refractivity contribution in [1.29, 1.82) is 0 Å². The van der Waals surface area contributed by atoms with E-state index in [1.165, 1.54) is 37.7 Å². The Balaban J connectivity index is 1.91. The lowest BCUT2D eigenvalue weighted by Crippen LogP contribution is -2.22. The first kappa shape index (κ1) is 15.1. The van der Waals surface area contributed by atoms with Crippen molar-refractivity contribution in [3.63, 3.8) is 0 Å². The summed E-state index contributed by atoms with van der Waals surface area (Å²) in [6, 6.07) is 0. The van der Waals surface area contributed by atoms with Crippen molar-refractivity contribution in [3.05, 3.63) is 11.9 Å². The number of nitrogens with one attached hydrogen (secondary N) is 2. The Labute approximate surface area is 122 Å². The van der Waals surface area contributed by atoms with Crippen LogP contribution in [0.5, 0.6) is 0 Å². The standard InChI is InChI=1S/C16H28N4/c1-4-12-6-8-13(9-7-12)10-18-16-14(5-2)15(17-3)19-11-20-16/h11-13H,4-10H2,1-3H3,(H2,17,18,19,20). The second-order valence-electron chi connectivity index (χ2n) is 5.83. The summed E-state index contributed by atoms with van der Waals surface area (Å²) in [7, 11) is 1.91. The fourth-order valence-corrected chi connectivity index (χ4v) is 3.20. The molecule has 4 nitrogen and oxygen atoms in total. The molecular weight excluding hydrogens is 248 g/mol. The number of nitrogens with zero attached hydrogens (tertiary/aromatic N) is 2. The van der Waals surface area contributed by atoms with Gasteiger partial charge < -0.3 is 10.6 Å². The van der Waals surface area contributed by atoms with E-state index in [0.29, 0.717) is 0 Å². The average Bonchev–Trinajstić information content (AvgIpc) is 2.52. The molecule has 0 aliphatic heterocycles. The van der Waals surface area contributed by atoms with Crippen LogP contribution in [-0.4, -0.2) is 23.6 Å². The fraction of sp³-hybridized carbons (Fsp3) is 0.750. The summed E-state index contributed by atoms with van der Waals surface area (Å²) < 4.78 is 0. The van der Waals surface area contributed by atoms with E-state index in [4.69, 9.17) is 0 Å². The van der Waals surface area contributed by atoms with E-state index >= 15 is 0 Å². The average molecular weight is 276 g/mol. The molecule has 0 radical (unpaired) electrons. The topological polar surface area (TPSA) is 49.8 Å². The highest BCUT2D eigenvalue weighted by atomic mass is 15.1. The first-order valence-electron chi connectivity index (χ1n) is 8.03. The normalized spacial score (nSPS) is 22.6. The summed E-state index contributed by atoms with van der Waals surface area (Å²) in [6.45, 7) is 5.51. The van der Waals surface area contributed by atoms with Crippen LogP contribution in [0.15, 0.2) is 6.33 Å². The molecule has 1 fully saturated rings. The van der Waals surface area contributed by atoms with Crippen LogP contribution in [0.2, 0.25) is 0 Å². The molecule has 0 saturated heterocycles. The summed E-state index contributed by atoms with van der Waals surface area (Å²) in [5.74, 6) is 3.71. The van der Waals surface area contributed by atoms with Crippen molar-refractivity contribution in [2.45, 2.75) is 52.4 Å². The molecule has 1 aliphatic carbocycles. The molecule has 0 aromatic carbocycles. The summed E-state index contributed by atoms with van der Waals surface area (Å²) in [6.07, 6.45) is 9.44. The van der Waals surface area contributed by atoms with Gasteiger partial charge in [0.2, 0.25) is 0 Å². The van der Waals surface area contributed by atoms with Gasteiger partial charge >= 0.3 is 0 Å². The van der Waals surface area contributed by atoms with E-state index in [1.54, 1.807) is 6.33 Å². The monoisotopic (exact) mass is 276 g/mol. The Bertz CT molecular complexity index is 411. The molecule has 0 amide bonds. The summed E-state index contributed by atoms with van der Waals surface area (Å²) >= 11 is 0. The lowest BCUT2D eigenvalue weighted by molar-refractivity contribution is 0.278. The Morgan fingerprint density at radius 3 is 2.30 bits per heavy atom. The van der Waals surface area contributed by atoms with Crippen LogP contribution in [0.25, 0.3) is 0 Å². The molecule has 1 aliphatic rings. The van der Waals surface area contributed by atoms with Gasteiger partial charge in [0, 0.05) is 19.2 Å². The Kier molecular flexibility index (Phi) is 5.62. The van der Waals surface area contributed by atoms with Gasteiger partial charge in [0.15, 0.2) is 0 Å². The van der Waals surface area contributed by atoms with Crippen LogP contribution in [-0.2, 0) is 6.42 Å². The third-order valence-electron chi connectivity index (χ3n) is 4.64. The maximum absolute atomic E-state index is 4.41. The summed E-state index contributed by atoms with van der Waals surface area (Å²) in [5, 5.41) is 6.70. The van der Waals surface area contributed by atoms with E-state index in [9.17, 15) is 0 Å². The van der Waals surface area contributed by atoms with Crippen LogP contribution in [0, 0.1) is 11.8 Å². The van der Waals surface area contributed by atoms with Gasteiger partial charge in [-0.1, -0.05) is 33.1 Å². The quantitative estimate of drug-likeness (QED) is 0.831. The Morgan fingerprint density at radius 1 is 1.05 bits per heavy atom. The maximum atomic E-state index is 4.41. The highest BCUT2D eigenvalue weighted by molar-refractivity contribution is 5.57. The van der Waals surface area contributed by atoms with Crippen molar-refractivity contribution in [1.82, 2.24) is 9.97 Å². The fourth-order valence-electron chi connectivity index (χ4n) is 3.20. The van der Waals surface area contributed by atoms with Gasteiger partial charge in [-0.3, -0.25) is 0 Å². The molecule has 0 spiro atoms. The molecule has 1 heterocycles. The third-order valence-corrected chi connectivity index (χ3v) is 4.64. The molecule has 0 bridgehead atoms. The van der Waals surface area contributed by atoms with Crippen molar-refractivity contribution in [3.8, 4) is 0 Å². The first-order valence-corrected chi connectivity index (χ1v) is 8.03. The molecule has 1 aromatic rings. The van der Waals surface area contributed by atoms with Gasteiger partial charge in [-0.2, -0.15) is 0 Å².